The monoisotopic (exact) mass is 342 g/mol. The van der Waals surface area contributed by atoms with Gasteiger partial charge in [0.2, 0.25) is 0 Å². The van der Waals surface area contributed by atoms with Crippen molar-refractivity contribution in [3.63, 3.8) is 0 Å². The molecule has 0 aromatic heterocycles. The maximum absolute atomic E-state index is 10.7. The zero-order valence-electron chi connectivity index (χ0n) is 14.2. The molecule has 132 valence electrons. The lowest BCUT2D eigenvalue weighted by Gasteiger charge is -2.31. The third-order valence-corrected chi connectivity index (χ3v) is 4.52. The highest BCUT2D eigenvalue weighted by Gasteiger charge is 2.33. The van der Waals surface area contributed by atoms with E-state index >= 15 is 0 Å². The molecule has 5 nitrogen and oxygen atoms in total. The Labute approximate surface area is 146 Å². The fraction of sp³-hybridized carbons (Fsp3) is 0.300. The number of fused-ring (bicyclic) bond motifs is 1. The summed E-state index contributed by atoms with van der Waals surface area (Å²) in [5.74, 6) is 0.0402. The minimum absolute atomic E-state index is 0.0209. The Morgan fingerprint density at radius 1 is 1.12 bits per heavy atom. The Balaban J connectivity index is 1.98. The number of aliphatic hydroxyl groups is 1. The molecule has 25 heavy (non-hydrogen) atoms. The van der Waals surface area contributed by atoms with Crippen LogP contribution in [0.1, 0.15) is 42.6 Å². The van der Waals surface area contributed by atoms with E-state index in [0.29, 0.717) is 28.9 Å². The molecule has 0 spiro atoms. The summed E-state index contributed by atoms with van der Waals surface area (Å²) in [5, 5.41) is 41.0. The fourth-order valence-corrected chi connectivity index (χ4v) is 3.09. The van der Waals surface area contributed by atoms with E-state index in [1.54, 1.807) is 12.1 Å². The van der Waals surface area contributed by atoms with Gasteiger partial charge in [-0.25, -0.2) is 0 Å². The van der Waals surface area contributed by atoms with Gasteiger partial charge in [-0.3, -0.25) is 0 Å². The van der Waals surface area contributed by atoms with Crippen LogP contribution in [0, 0.1) is 0 Å². The SMILES string of the molecule is CC(C)=CCc1c(O)ccc([C@H]2COc3cc(O)ccc3[C@@H]2O)c1O. The summed E-state index contributed by atoms with van der Waals surface area (Å²) in [7, 11) is 0. The summed E-state index contributed by atoms with van der Waals surface area (Å²) in [6.45, 7) is 4.06. The summed E-state index contributed by atoms with van der Waals surface area (Å²) >= 11 is 0. The largest absolute Gasteiger partial charge is 0.508 e. The van der Waals surface area contributed by atoms with Crippen molar-refractivity contribution < 1.29 is 25.2 Å². The Hall–Kier alpha value is -2.66. The third-order valence-electron chi connectivity index (χ3n) is 4.52. The predicted molar refractivity (Wildman–Crippen MR) is 94.2 cm³/mol. The normalized spacial score (nSPS) is 19.0. The number of ether oxygens (including phenoxy) is 1. The second-order valence-electron chi connectivity index (χ2n) is 6.57. The number of allylic oxidation sites excluding steroid dienone is 2. The van der Waals surface area contributed by atoms with Gasteiger partial charge in [-0.15, -0.1) is 0 Å². The molecule has 0 radical (unpaired) electrons. The zero-order valence-corrected chi connectivity index (χ0v) is 14.2. The van der Waals surface area contributed by atoms with Crippen LogP contribution in [0.15, 0.2) is 42.0 Å². The lowest BCUT2D eigenvalue weighted by Crippen LogP contribution is -2.24. The van der Waals surface area contributed by atoms with Gasteiger partial charge < -0.3 is 25.2 Å². The molecule has 0 amide bonds. The second-order valence-corrected chi connectivity index (χ2v) is 6.57. The van der Waals surface area contributed by atoms with Crippen molar-refractivity contribution in [3.05, 3.63) is 58.7 Å². The topological polar surface area (TPSA) is 90.2 Å². The van der Waals surface area contributed by atoms with Crippen molar-refractivity contribution in [1.82, 2.24) is 0 Å². The molecule has 5 heteroatoms. The van der Waals surface area contributed by atoms with Crippen molar-refractivity contribution >= 4 is 0 Å². The quantitative estimate of drug-likeness (QED) is 0.641. The van der Waals surface area contributed by atoms with Crippen molar-refractivity contribution in [2.24, 2.45) is 0 Å². The second kappa shape index (κ2) is 6.69. The molecular weight excluding hydrogens is 320 g/mol. The van der Waals surface area contributed by atoms with Crippen LogP contribution in [0.4, 0.5) is 0 Å². The van der Waals surface area contributed by atoms with E-state index in [-0.39, 0.29) is 23.9 Å². The predicted octanol–water partition coefficient (Wildman–Crippen LogP) is 3.52. The minimum atomic E-state index is -0.879. The number of rotatable bonds is 3. The van der Waals surface area contributed by atoms with Gasteiger partial charge in [-0.2, -0.15) is 0 Å². The molecule has 1 aliphatic rings. The van der Waals surface area contributed by atoms with Gasteiger partial charge in [0.1, 0.15) is 23.0 Å². The summed E-state index contributed by atoms with van der Waals surface area (Å²) in [6.07, 6.45) is 1.45. The number of aromatic hydroxyl groups is 3. The van der Waals surface area contributed by atoms with Crippen LogP contribution in [-0.4, -0.2) is 27.0 Å². The first-order chi connectivity index (χ1) is 11.9. The van der Waals surface area contributed by atoms with Crippen LogP contribution in [0.2, 0.25) is 0 Å². The summed E-state index contributed by atoms with van der Waals surface area (Å²) < 4.78 is 5.66. The van der Waals surface area contributed by atoms with E-state index < -0.39 is 12.0 Å². The summed E-state index contributed by atoms with van der Waals surface area (Å²) in [4.78, 5) is 0. The first-order valence-electron chi connectivity index (χ1n) is 8.19. The molecule has 0 saturated carbocycles. The van der Waals surface area contributed by atoms with E-state index in [2.05, 4.69) is 0 Å². The van der Waals surface area contributed by atoms with Gasteiger partial charge in [-0.05, 0) is 38.5 Å². The summed E-state index contributed by atoms with van der Waals surface area (Å²) in [6, 6.07) is 7.71. The van der Waals surface area contributed by atoms with Gasteiger partial charge in [0.05, 0.1) is 18.6 Å². The molecule has 2 atom stereocenters. The molecule has 2 aromatic rings. The third kappa shape index (κ3) is 3.28. The lowest BCUT2D eigenvalue weighted by molar-refractivity contribution is 0.0874. The van der Waals surface area contributed by atoms with Crippen LogP contribution in [-0.2, 0) is 6.42 Å². The molecule has 0 unspecified atom stereocenters. The first kappa shape index (κ1) is 17.2. The molecule has 2 aromatic carbocycles. The number of phenols is 3. The molecular formula is C20H22O5. The zero-order chi connectivity index (χ0) is 18.1. The standard InChI is InChI=1S/C20H22O5/c1-11(2)3-5-14-17(22)8-7-13(19(14)23)16-10-25-18-9-12(21)4-6-15(18)20(16)24/h3-4,6-9,16,20-24H,5,10H2,1-2H3/t16-,20+/m1/s1. The van der Waals surface area contributed by atoms with Gasteiger partial charge in [0.15, 0.2) is 0 Å². The minimum Gasteiger partial charge on any atom is -0.508 e. The first-order valence-corrected chi connectivity index (χ1v) is 8.19. The Kier molecular flexibility index (Phi) is 4.59. The van der Waals surface area contributed by atoms with E-state index in [9.17, 15) is 20.4 Å². The summed E-state index contributed by atoms with van der Waals surface area (Å²) in [5.41, 5.74) is 2.61. The molecule has 4 N–H and O–H groups in total. The van der Waals surface area contributed by atoms with E-state index in [0.717, 1.165) is 5.57 Å². The Morgan fingerprint density at radius 2 is 1.84 bits per heavy atom. The smallest absolute Gasteiger partial charge is 0.128 e. The van der Waals surface area contributed by atoms with Gasteiger partial charge in [0.25, 0.3) is 0 Å². The molecule has 0 saturated heterocycles. The van der Waals surface area contributed by atoms with Crippen molar-refractivity contribution in [2.75, 3.05) is 6.61 Å². The van der Waals surface area contributed by atoms with E-state index in [4.69, 9.17) is 4.74 Å². The van der Waals surface area contributed by atoms with Gasteiger partial charge >= 0.3 is 0 Å². The number of benzene rings is 2. The Morgan fingerprint density at radius 3 is 2.56 bits per heavy atom. The molecule has 0 fully saturated rings. The molecule has 1 aliphatic heterocycles. The number of hydrogen-bond acceptors (Lipinski definition) is 5. The molecule has 0 bridgehead atoms. The fourth-order valence-electron chi connectivity index (χ4n) is 3.09. The van der Waals surface area contributed by atoms with Crippen molar-refractivity contribution in [1.29, 1.82) is 0 Å². The number of phenolic OH excluding ortho intramolecular Hbond substituents is 3. The molecule has 0 aliphatic carbocycles. The van der Waals surface area contributed by atoms with Gasteiger partial charge in [-0.1, -0.05) is 17.7 Å². The molecule has 1 heterocycles. The Bertz CT molecular complexity index is 821. The average molecular weight is 342 g/mol. The van der Waals surface area contributed by atoms with Crippen molar-refractivity contribution in [3.8, 4) is 23.0 Å². The lowest BCUT2D eigenvalue weighted by atomic mass is 9.85. The number of aliphatic hydroxyl groups excluding tert-OH is 1. The van der Waals surface area contributed by atoms with Crippen LogP contribution >= 0.6 is 0 Å². The van der Waals surface area contributed by atoms with E-state index in [1.807, 2.05) is 19.9 Å². The van der Waals surface area contributed by atoms with E-state index in [1.165, 1.54) is 18.2 Å². The highest BCUT2D eigenvalue weighted by Crippen LogP contribution is 2.45. The van der Waals surface area contributed by atoms with Crippen LogP contribution in [0.5, 0.6) is 23.0 Å². The highest BCUT2D eigenvalue weighted by atomic mass is 16.5. The van der Waals surface area contributed by atoms with Crippen LogP contribution in [0.25, 0.3) is 0 Å². The maximum atomic E-state index is 10.7. The average Bonchev–Trinajstić information content (AvgIpc) is 2.55. The van der Waals surface area contributed by atoms with Crippen molar-refractivity contribution in [2.45, 2.75) is 32.3 Å². The maximum Gasteiger partial charge on any atom is 0.128 e. The number of hydrogen-bond donors (Lipinski definition) is 4. The van der Waals surface area contributed by atoms with Crippen LogP contribution in [0.3, 0.4) is 0 Å². The van der Waals surface area contributed by atoms with Gasteiger partial charge in [0, 0.05) is 22.8 Å². The van der Waals surface area contributed by atoms with Crippen LogP contribution < -0.4 is 4.74 Å². The molecule has 3 rings (SSSR count). The highest BCUT2D eigenvalue weighted by molar-refractivity contribution is 5.53.